The van der Waals surface area contributed by atoms with Crippen LogP contribution in [-0.2, 0) is 7.05 Å². The van der Waals surface area contributed by atoms with Crippen molar-refractivity contribution in [2.75, 3.05) is 11.4 Å². The standard InChI is InChI=1S/C16H19N3O3/c1-5-19(13-8-6-7-12(9-13)16(21)22)15(20)14-10(2)17-18(4)11(14)3/h6-9H,5H2,1-4H3,(H,21,22). The van der Waals surface area contributed by atoms with Crippen LogP contribution >= 0.6 is 0 Å². The van der Waals surface area contributed by atoms with Gasteiger partial charge in [0.25, 0.3) is 5.91 Å². The summed E-state index contributed by atoms with van der Waals surface area (Å²) in [6.45, 7) is 5.93. The van der Waals surface area contributed by atoms with Crippen molar-refractivity contribution < 1.29 is 14.7 Å². The first-order valence-corrected chi connectivity index (χ1v) is 7.02. The van der Waals surface area contributed by atoms with Gasteiger partial charge < -0.3 is 10.0 Å². The minimum atomic E-state index is -1.01. The highest BCUT2D eigenvalue weighted by molar-refractivity contribution is 6.08. The second-order valence-electron chi connectivity index (χ2n) is 5.07. The molecule has 6 heteroatoms. The highest BCUT2D eigenvalue weighted by atomic mass is 16.4. The fourth-order valence-corrected chi connectivity index (χ4v) is 2.47. The highest BCUT2D eigenvalue weighted by Crippen LogP contribution is 2.22. The van der Waals surface area contributed by atoms with E-state index in [1.165, 1.54) is 12.1 Å². The van der Waals surface area contributed by atoms with E-state index in [0.717, 1.165) is 5.69 Å². The molecule has 0 saturated carbocycles. The summed E-state index contributed by atoms with van der Waals surface area (Å²) in [7, 11) is 1.79. The Balaban J connectivity index is 2.46. The number of carbonyl (C=O) groups is 2. The molecular weight excluding hydrogens is 282 g/mol. The third-order valence-corrected chi connectivity index (χ3v) is 3.69. The van der Waals surface area contributed by atoms with Gasteiger partial charge in [-0.15, -0.1) is 0 Å². The predicted molar refractivity (Wildman–Crippen MR) is 83.4 cm³/mol. The van der Waals surface area contributed by atoms with Crippen molar-refractivity contribution in [2.45, 2.75) is 20.8 Å². The van der Waals surface area contributed by atoms with Gasteiger partial charge in [0.15, 0.2) is 0 Å². The van der Waals surface area contributed by atoms with Crippen LogP contribution in [0.2, 0.25) is 0 Å². The topological polar surface area (TPSA) is 75.4 Å². The van der Waals surface area contributed by atoms with E-state index in [0.29, 0.717) is 23.5 Å². The molecule has 0 aliphatic rings. The number of rotatable bonds is 4. The Hall–Kier alpha value is -2.63. The summed E-state index contributed by atoms with van der Waals surface area (Å²) in [5.74, 6) is -1.19. The van der Waals surface area contributed by atoms with Gasteiger partial charge in [-0.05, 0) is 39.0 Å². The molecule has 0 atom stereocenters. The second kappa shape index (κ2) is 6.01. The summed E-state index contributed by atoms with van der Waals surface area (Å²) in [5.41, 5.74) is 2.73. The molecule has 1 amide bonds. The number of hydrogen-bond donors (Lipinski definition) is 1. The summed E-state index contributed by atoms with van der Waals surface area (Å²) in [4.78, 5) is 25.5. The van der Waals surface area contributed by atoms with Crippen LogP contribution in [0, 0.1) is 13.8 Å². The number of aryl methyl sites for hydroxylation is 2. The first kappa shape index (κ1) is 15.8. The van der Waals surface area contributed by atoms with Gasteiger partial charge in [-0.25, -0.2) is 4.79 Å². The zero-order chi connectivity index (χ0) is 16.4. The molecule has 1 heterocycles. The van der Waals surface area contributed by atoms with Gasteiger partial charge in [0.2, 0.25) is 0 Å². The van der Waals surface area contributed by atoms with E-state index < -0.39 is 5.97 Å². The number of nitrogens with zero attached hydrogens (tertiary/aromatic N) is 3. The Labute approximate surface area is 129 Å². The monoisotopic (exact) mass is 301 g/mol. The Morgan fingerprint density at radius 1 is 1.32 bits per heavy atom. The lowest BCUT2D eigenvalue weighted by Gasteiger charge is -2.21. The number of aromatic nitrogens is 2. The first-order chi connectivity index (χ1) is 10.4. The second-order valence-corrected chi connectivity index (χ2v) is 5.07. The van der Waals surface area contributed by atoms with Crippen LogP contribution < -0.4 is 4.90 Å². The first-order valence-electron chi connectivity index (χ1n) is 7.02. The van der Waals surface area contributed by atoms with Crippen molar-refractivity contribution >= 4 is 17.6 Å². The number of carboxylic acid groups (broad SMARTS) is 1. The van der Waals surface area contributed by atoms with Crippen LogP contribution in [0.3, 0.4) is 0 Å². The minimum absolute atomic E-state index is 0.156. The quantitative estimate of drug-likeness (QED) is 0.941. The van der Waals surface area contributed by atoms with E-state index in [9.17, 15) is 9.59 Å². The van der Waals surface area contributed by atoms with Crippen LogP contribution in [-0.4, -0.2) is 33.3 Å². The van der Waals surface area contributed by atoms with E-state index >= 15 is 0 Å². The van der Waals surface area contributed by atoms with Crippen molar-refractivity contribution in [3.05, 3.63) is 46.8 Å². The summed E-state index contributed by atoms with van der Waals surface area (Å²) >= 11 is 0. The van der Waals surface area contributed by atoms with Gasteiger partial charge >= 0.3 is 5.97 Å². The molecule has 0 fully saturated rings. The molecule has 6 nitrogen and oxygen atoms in total. The Morgan fingerprint density at radius 2 is 2.00 bits per heavy atom. The maximum absolute atomic E-state index is 12.8. The fraction of sp³-hybridized carbons (Fsp3) is 0.312. The third kappa shape index (κ3) is 2.72. The number of carboxylic acids is 1. The number of amides is 1. The molecule has 0 spiro atoms. The molecule has 1 aromatic heterocycles. The molecule has 0 radical (unpaired) electrons. The lowest BCUT2D eigenvalue weighted by molar-refractivity contribution is 0.0696. The van der Waals surface area contributed by atoms with Crippen molar-refractivity contribution in [1.82, 2.24) is 9.78 Å². The van der Waals surface area contributed by atoms with Crippen LogP contribution in [0.4, 0.5) is 5.69 Å². The van der Waals surface area contributed by atoms with Gasteiger partial charge in [0, 0.05) is 25.0 Å². The summed E-state index contributed by atoms with van der Waals surface area (Å²) < 4.78 is 1.67. The van der Waals surface area contributed by atoms with E-state index in [-0.39, 0.29) is 11.5 Å². The van der Waals surface area contributed by atoms with E-state index in [4.69, 9.17) is 5.11 Å². The van der Waals surface area contributed by atoms with E-state index in [2.05, 4.69) is 5.10 Å². The Bertz CT molecular complexity index is 734. The highest BCUT2D eigenvalue weighted by Gasteiger charge is 2.23. The van der Waals surface area contributed by atoms with Crippen molar-refractivity contribution in [3.8, 4) is 0 Å². The van der Waals surface area contributed by atoms with Crippen LogP contribution in [0.25, 0.3) is 0 Å². The molecule has 0 aliphatic heterocycles. The van der Waals surface area contributed by atoms with Crippen molar-refractivity contribution in [1.29, 1.82) is 0 Å². The maximum Gasteiger partial charge on any atom is 0.335 e. The molecule has 2 aromatic rings. The van der Waals surface area contributed by atoms with E-state index in [1.54, 1.807) is 35.7 Å². The molecule has 1 N–H and O–H groups in total. The number of carbonyl (C=O) groups excluding carboxylic acids is 1. The van der Waals surface area contributed by atoms with E-state index in [1.807, 2.05) is 13.8 Å². The lowest BCUT2D eigenvalue weighted by Crippen LogP contribution is -2.31. The van der Waals surface area contributed by atoms with Gasteiger partial charge in [-0.3, -0.25) is 9.48 Å². The molecule has 0 saturated heterocycles. The maximum atomic E-state index is 12.8. The number of hydrogen-bond acceptors (Lipinski definition) is 3. The van der Waals surface area contributed by atoms with Crippen LogP contribution in [0.5, 0.6) is 0 Å². The summed E-state index contributed by atoms with van der Waals surface area (Å²) in [6, 6.07) is 6.38. The normalized spacial score (nSPS) is 10.5. The van der Waals surface area contributed by atoms with Crippen molar-refractivity contribution in [3.63, 3.8) is 0 Å². The number of benzene rings is 1. The SMILES string of the molecule is CCN(C(=O)c1c(C)nn(C)c1C)c1cccc(C(=O)O)c1. The number of aromatic carboxylic acids is 1. The molecule has 0 unspecified atom stereocenters. The average molecular weight is 301 g/mol. The zero-order valence-corrected chi connectivity index (χ0v) is 13.1. The molecule has 22 heavy (non-hydrogen) atoms. The lowest BCUT2D eigenvalue weighted by atomic mass is 10.1. The molecule has 0 bridgehead atoms. The smallest absolute Gasteiger partial charge is 0.335 e. The van der Waals surface area contributed by atoms with Gasteiger partial charge in [0.1, 0.15) is 0 Å². The Kier molecular flexibility index (Phi) is 4.30. The molecule has 1 aromatic carbocycles. The average Bonchev–Trinajstić information content (AvgIpc) is 2.73. The zero-order valence-electron chi connectivity index (χ0n) is 13.1. The predicted octanol–water partition coefficient (Wildman–Crippen LogP) is 2.40. The summed E-state index contributed by atoms with van der Waals surface area (Å²) in [6.07, 6.45) is 0. The van der Waals surface area contributed by atoms with Gasteiger partial charge in [-0.1, -0.05) is 6.07 Å². The van der Waals surface area contributed by atoms with Crippen LogP contribution in [0.1, 0.15) is 39.0 Å². The molecule has 0 aliphatic carbocycles. The number of anilines is 1. The molecule has 2 rings (SSSR count). The van der Waals surface area contributed by atoms with Gasteiger partial charge in [0.05, 0.1) is 16.8 Å². The van der Waals surface area contributed by atoms with Crippen LogP contribution in [0.15, 0.2) is 24.3 Å². The van der Waals surface area contributed by atoms with Crippen molar-refractivity contribution in [2.24, 2.45) is 7.05 Å². The summed E-state index contributed by atoms with van der Waals surface area (Å²) in [5, 5.41) is 13.4. The Morgan fingerprint density at radius 3 is 2.50 bits per heavy atom. The minimum Gasteiger partial charge on any atom is -0.478 e. The largest absolute Gasteiger partial charge is 0.478 e. The van der Waals surface area contributed by atoms with Gasteiger partial charge in [-0.2, -0.15) is 5.10 Å². The molecular formula is C16H19N3O3. The molecule has 116 valence electrons. The third-order valence-electron chi connectivity index (χ3n) is 3.69. The fourth-order valence-electron chi connectivity index (χ4n) is 2.47.